The molecule has 2 aromatic carbocycles. The lowest BCUT2D eigenvalue weighted by Gasteiger charge is -2.32. The van der Waals surface area contributed by atoms with Gasteiger partial charge in [-0.2, -0.15) is 4.37 Å². The topological polar surface area (TPSA) is 161 Å². The number of rotatable bonds is 9. The summed E-state index contributed by atoms with van der Waals surface area (Å²) in [6.07, 6.45) is 7.53. The Hall–Kier alpha value is -3.96. The fourth-order valence-electron chi connectivity index (χ4n) is 5.66. The van der Waals surface area contributed by atoms with Crippen LogP contribution in [0.4, 0.5) is 11.4 Å². The molecule has 41 heavy (non-hydrogen) atoms. The van der Waals surface area contributed by atoms with Crippen molar-refractivity contribution in [2.75, 3.05) is 23.8 Å². The van der Waals surface area contributed by atoms with Crippen LogP contribution < -0.4 is 21.7 Å². The molecule has 0 radical (unpaired) electrons. The van der Waals surface area contributed by atoms with Gasteiger partial charge in [0.15, 0.2) is 5.69 Å². The van der Waals surface area contributed by atoms with Gasteiger partial charge in [-0.25, -0.2) is 0 Å². The van der Waals surface area contributed by atoms with Gasteiger partial charge in [0.2, 0.25) is 5.91 Å². The SMILES string of the molecule is NC(=O)c1nsc(C(=O)N(c2ccc(C3CCCCC3)cc2)C(C(=O)NCC2CCCO2)c2ccc(O)cc2)c1N. The second-order valence-electron chi connectivity index (χ2n) is 10.6. The zero-order valence-electron chi connectivity index (χ0n) is 22.8. The predicted molar refractivity (Wildman–Crippen MR) is 157 cm³/mol. The Morgan fingerprint density at radius 2 is 1.73 bits per heavy atom. The van der Waals surface area contributed by atoms with Crippen molar-refractivity contribution in [2.24, 2.45) is 5.73 Å². The first-order chi connectivity index (χ1) is 19.8. The molecule has 216 valence electrons. The van der Waals surface area contributed by atoms with Gasteiger partial charge in [-0.05, 0) is 78.5 Å². The van der Waals surface area contributed by atoms with Gasteiger partial charge in [-0.3, -0.25) is 19.3 Å². The summed E-state index contributed by atoms with van der Waals surface area (Å²) in [6.45, 7) is 0.942. The number of nitrogen functional groups attached to an aromatic ring is 1. The maximum absolute atomic E-state index is 14.2. The fraction of sp³-hybridized carbons (Fsp3) is 0.400. The summed E-state index contributed by atoms with van der Waals surface area (Å²) in [6, 6.07) is 12.7. The van der Waals surface area contributed by atoms with Gasteiger partial charge in [0.05, 0.1) is 11.8 Å². The zero-order valence-corrected chi connectivity index (χ0v) is 23.6. The van der Waals surface area contributed by atoms with E-state index in [0.29, 0.717) is 30.3 Å². The number of nitrogens with two attached hydrogens (primary N) is 2. The lowest BCUT2D eigenvalue weighted by Crippen LogP contribution is -2.45. The Morgan fingerprint density at radius 3 is 2.34 bits per heavy atom. The van der Waals surface area contributed by atoms with Crippen LogP contribution in [0.2, 0.25) is 0 Å². The van der Waals surface area contributed by atoms with Crippen LogP contribution >= 0.6 is 11.5 Å². The molecule has 6 N–H and O–H groups in total. The Bertz CT molecular complexity index is 1380. The van der Waals surface area contributed by atoms with Crippen molar-refractivity contribution < 1.29 is 24.2 Å². The Labute approximate surface area is 242 Å². The number of aromatic hydroxyl groups is 1. The van der Waals surface area contributed by atoms with E-state index in [0.717, 1.165) is 37.2 Å². The number of benzene rings is 2. The van der Waals surface area contributed by atoms with E-state index in [1.165, 1.54) is 41.9 Å². The number of carbonyl (C=O) groups excluding carboxylic acids is 3. The average Bonchev–Trinajstić information content (AvgIpc) is 3.65. The second kappa shape index (κ2) is 12.7. The number of ether oxygens (including phenoxy) is 1. The lowest BCUT2D eigenvalue weighted by molar-refractivity contribution is -0.123. The van der Waals surface area contributed by atoms with Crippen LogP contribution in [0.5, 0.6) is 5.75 Å². The molecule has 2 unspecified atom stereocenters. The van der Waals surface area contributed by atoms with Crippen LogP contribution in [0.3, 0.4) is 0 Å². The summed E-state index contributed by atoms with van der Waals surface area (Å²) in [5.74, 6) is -1.37. The number of nitrogens with one attached hydrogen (secondary N) is 1. The fourth-order valence-corrected chi connectivity index (χ4v) is 6.40. The van der Waals surface area contributed by atoms with E-state index in [2.05, 4.69) is 9.69 Å². The van der Waals surface area contributed by atoms with E-state index >= 15 is 0 Å². The minimum absolute atomic E-state index is 0.00543. The van der Waals surface area contributed by atoms with E-state index < -0.39 is 23.8 Å². The van der Waals surface area contributed by atoms with Crippen LogP contribution in [0.25, 0.3) is 0 Å². The van der Waals surface area contributed by atoms with Crippen LogP contribution in [0.1, 0.15) is 88.2 Å². The molecule has 11 heteroatoms. The highest BCUT2D eigenvalue weighted by Crippen LogP contribution is 2.37. The minimum Gasteiger partial charge on any atom is -0.508 e. The molecule has 0 spiro atoms. The molecule has 2 atom stereocenters. The van der Waals surface area contributed by atoms with Gasteiger partial charge in [0, 0.05) is 18.8 Å². The molecule has 1 aliphatic heterocycles. The van der Waals surface area contributed by atoms with Gasteiger partial charge in [-0.1, -0.05) is 43.5 Å². The van der Waals surface area contributed by atoms with Crippen molar-refractivity contribution >= 4 is 40.6 Å². The van der Waals surface area contributed by atoms with Crippen LogP contribution in [0.15, 0.2) is 48.5 Å². The molecule has 1 aromatic heterocycles. The van der Waals surface area contributed by atoms with Crippen LogP contribution in [0, 0.1) is 0 Å². The third kappa shape index (κ3) is 6.36. The standard InChI is InChI=1S/C30H35N5O5S/c31-24-25(28(32)37)34-41-27(24)30(39)35(21-12-8-19(9-13-21)18-5-2-1-3-6-18)26(20-10-14-22(36)15-11-20)29(38)33-17-23-7-4-16-40-23/h8-15,18,23,26,36H,1-7,16-17,31H2,(H2,32,37)(H,33,38). The minimum atomic E-state index is -1.12. The van der Waals surface area contributed by atoms with E-state index in [-0.39, 0.29) is 28.1 Å². The zero-order chi connectivity index (χ0) is 28.9. The average molecular weight is 578 g/mol. The van der Waals surface area contributed by atoms with Crippen molar-refractivity contribution in [3.05, 3.63) is 70.2 Å². The largest absolute Gasteiger partial charge is 0.508 e. The molecular weight excluding hydrogens is 542 g/mol. The summed E-state index contributed by atoms with van der Waals surface area (Å²) >= 11 is 0.763. The number of carbonyl (C=O) groups is 3. The molecule has 3 aromatic rings. The third-order valence-electron chi connectivity index (χ3n) is 7.87. The highest BCUT2D eigenvalue weighted by molar-refractivity contribution is 7.09. The normalized spacial score (nSPS) is 18.1. The maximum atomic E-state index is 14.2. The number of phenolic OH excluding ortho intramolecular Hbond substituents is 1. The monoisotopic (exact) mass is 577 g/mol. The number of primary amides is 1. The van der Waals surface area contributed by atoms with E-state index in [1.807, 2.05) is 24.3 Å². The first-order valence-corrected chi connectivity index (χ1v) is 14.8. The number of hydrogen-bond acceptors (Lipinski definition) is 8. The number of aromatic nitrogens is 1. The summed E-state index contributed by atoms with van der Waals surface area (Å²) in [4.78, 5) is 41.4. The highest BCUT2D eigenvalue weighted by Gasteiger charge is 2.36. The van der Waals surface area contributed by atoms with Gasteiger partial charge in [0.1, 0.15) is 16.7 Å². The van der Waals surface area contributed by atoms with E-state index in [1.54, 1.807) is 12.1 Å². The molecule has 1 aliphatic carbocycles. The van der Waals surface area contributed by atoms with Crippen molar-refractivity contribution in [3.8, 4) is 5.75 Å². The molecule has 2 fully saturated rings. The Kier molecular flexibility index (Phi) is 8.84. The first-order valence-electron chi connectivity index (χ1n) is 14.0. The number of phenols is 1. The maximum Gasteiger partial charge on any atom is 0.273 e. The molecule has 2 aliphatic rings. The Balaban J connectivity index is 1.56. The summed E-state index contributed by atoms with van der Waals surface area (Å²) < 4.78 is 9.69. The molecule has 1 saturated carbocycles. The number of anilines is 2. The third-order valence-corrected chi connectivity index (χ3v) is 8.72. The summed E-state index contributed by atoms with van der Waals surface area (Å²) in [5, 5.41) is 12.9. The lowest BCUT2D eigenvalue weighted by atomic mass is 9.84. The molecule has 1 saturated heterocycles. The second-order valence-corrected chi connectivity index (χ2v) is 11.4. The molecule has 10 nitrogen and oxygen atoms in total. The van der Waals surface area contributed by atoms with Crippen molar-refractivity contribution in [1.82, 2.24) is 9.69 Å². The predicted octanol–water partition coefficient (Wildman–Crippen LogP) is 4.26. The van der Waals surface area contributed by atoms with Crippen molar-refractivity contribution in [1.29, 1.82) is 0 Å². The van der Waals surface area contributed by atoms with Crippen molar-refractivity contribution in [2.45, 2.75) is 63.0 Å². The Morgan fingerprint density at radius 1 is 1.02 bits per heavy atom. The molecule has 5 rings (SSSR count). The highest BCUT2D eigenvalue weighted by atomic mass is 32.1. The summed E-state index contributed by atoms with van der Waals surface area (Å²) in [7, 11) is 0. The molecule has 0 bridgehead atoms. The molecule has 2 heterocycles. The van der Waals surface area contributed by atoms with Crippen LogP contribution in [-0.4, -0.2) is 46.5 Å². The molecule has 3 amide bonds. The number of nitrogens with zero attached hydrogens (tertiary/aromatic N) is 2. The quantitative estimate of drug-likeness (QED) is 0.295. The van der Waals surface area contributed by atoms with Gasteiger partial charge < -0.3 is 26.6 Å². The van der Waals surface area contributed by atoms with Gasteiger partial charge >= 0.3 is 0 Å². The van der Waals surface area contributed by atoms with E-state index in [4.69, 9.17) is 16.2 Å². The smallest absolute Gasteiger partial charge is 0.273 e. The number of hydrogen-bond donors (Lipinski definition) is 4. The van der Waals surface area contributed by atoms with Crippen LogP contribution in [-0.2, 0) is 9.53 Å². The van der Waals surface area contributed by atoms with Gasteiger partial charge in [-0.15, -0.1) is 0 Å². The van der Waals surface area contributed by atoms with E-state index in [9.17, 15) is 19.5 Å². The summed E-state index contributed by atoms with van der Waals surface area (Å²) in [5.41, 5.74) is 13.4. The number of amides is 3. The first kappa shape index (κ1) is 28.6. The van der Waals surface area contributed by atoms with Gasteiger partial charge in [0.25, 0.3) is 11.8 Å². The molecular formula is C30H35N5O5S. The van der Waals surface area contributed by atoms with Crippen molar-refractivity contribution in [3.63, 3.8) is 0 Å².